The van der Waals surface area contributed by atoms with Gasteiger partial charge in [-0.25, -0.2) is 17.8 Å². The molecule has 0 radical (unpaired) electrons. The number of sulfonamides is 1. The minimum Gasteiger partial charge on any atom is -0.387 e. The van der Waals surface area contributed by atoms with Crippen molar-refractivity contribution in [1.29, 1.82) is 5.41 Å². The van der Waals surface area contributed by atoms with E-state index in [1.54, 1.807) is 13.8 Å². The molecule has 0 aliphatic rings. The normalized spacial score (nSPS) is 12.1. The second-order valence-electron chi connectivity index (χ2n) is 3.96. The smallest absolute Gasteiger partial charge is 0.264 e. The Morgan fingerprint density at radius 3 is 2.67 bits per heavy atom. The maximum Gasteiger partial charge on any atom is 0.264 e. The Hall–Kier alpha value is -1.54. The van der Waals surface area contributed by atoms with Gasteiger partial charge in [0.05, 0.1) is 6.54 Å². The van der Waals surface area contributed by atoms with Gasteiger partial charge in [0.15, 0.2) is 5.82 Å². The van der Waals surface area contributed by atoms with Crippen molar-refractivity contribution in [3.8, 4) is 0 Å². The molecule has 18 heavy (non-hydrogen) atoms. The van der Waals surface area contributed by atoms with Crippen molar-refractivity contribution < 1.29 is 12.8 Å². The average Bonchev–Trinajstić information content (AvgIpc) is 2.25. The summed E-state index contributed by atoms with van der Waals surface area (Å²) in [6.45, 7) is 2.93. The van der Waals surface area contributed by atoms with Crippen LogP contribution >= 0.6 is 0 Å². The molecule has 0 aromatic carbocycles. The summed E-state index contributed by atoms with van der Waals surface area (Å²) in [6.07, 6.45) is 1.20. The molecule has 6 nitrogen and oxygen atoms in total. The highest BCUT2D eigenvalue weighted by Gasteiger charge is 2.31. The number of hydrogen-bond acceptors (Lipinski definition) is 4. The van der Waals surface area contributed by atoms with Crippen LogP contribution in [0.5, 0.6) is 0 Å². The quantitative estimate of drug-likeness (QED) is 0.605. The Morgan fingerprint density at radius 1 is 1.61 bits per heavy atom. The van der Waals surface area contributed by atoms with E-state index in [4.69, 9.17) is 11.1 Å². The zero-order valence-corrected chi connectivity index (χ0v) is 10.9. The van der Waals surface area contributed by atoms with Gasteiger partial charge in [0.2, 0.25) is 5.03 Å². The summed E-state index contributed by atoms with van der Waals surface area (Å²) in [5.74, 6) is -1.24. The van der Waals surface area contributed by atoms with E-state index in [2.05, 4.69) is 4.98 Å². The fourth-order valence-corrected chi connectivity index (χ4v) is 2.98. The number of rotatable bonds is 5. The van der Waals surface area contributed by atoms with Crippen molar-refractivity contribution in [2.75, 3.05) is 6.54 Å². The largest absolute Gasteiger partial charge is 0.387 e. The summed E-state index contributed by atoms with van der Waals surface area (Å²) in [5.41, 5.74) is 5.21. The maximum absolute atomic E-state index is 13.5. The molecule has 1 heterocycles. The van der Waals surface area contributed by atoms with E-state index in [0.717, 1.165) is 10.4 Å². The summed E-state index contributed by atoms with van der Waals surface area (Å²) < 4.78 is 38.8. The van der Waals surface area contributed by atoms with E-state index < -0.39 is 26.9 Å². The molecule has 0 fully saturated rings. The average molecular weight is 274 g/mol. The number of nitrogens with zero attached hydrogens (tertiary/aromatic N) is 2. The van der Waals surface area contributed by atoms with Crippen LogP contribution in [0.1, 0.15) is 13.8 Å². The molecule has 0 amide bonds. The first-order chi connectivity index (χ1) is 8.26. The second-order valence-corrected chi connectivity index (χ2v) is 5.77. The molecule has 100 valence electrons. The van der Waals surface area contributed by atoms with Crippen LogP contribution in [0.25, 0.3) is 0 Å². The summed E-state index contributed by atoms with van der Waals surface area (Å²) in [6, 6.07) is 1.87. The molecule has 0 aliphatic carbocycles. The van der Waals surface area contributed by atoms with Gasteiger partial charge in [-0.3, -0.25) is 5.41 Å². The second kappa shape index (κ2) is 5.40. The van der Waals surface area contributed by atoms with Gasteiger partial charge >= 0.3 is 0 Å². The molecule has 0 unspecified atom stereocenters. The molecular weight excluding hydrogens is 259 g/mol. The minimum atomic E-state index is -4.10. The Kier molecular flexibility index (Phi) is 4.36. The third kappa shape index (κ3) is 3.02. The maximum atomic E-state index is 13.5. The van der Waals surface area contributed by atoms with Crippen LogP contribution in [0.3, 0.4) is 0 Å². The molecule has 1 aromatic heterocycles. The zero-order chi connectivity index (χ0) is 13.9. The van der Waals surface area contributed by atoms with Crippen LogP contribution in [0.15, 0.2) is 23.4 Å². The lowest BCUT2D eigenvalue weighted by atomic mass is 10.4. The van der Waals surface area contributed by atoms with E-state index in [9.17, 15) is 12.8 Å². The Balaban J connectivity index is 3.26. The first-order valence-corrected chi connectivity index (χ1v) is 6.66. The highest BCUT2D eigenvalue weighted by atomic mass is 32.2. The lowest BCUT2D eigenvalue weighted by Gasteiger charge is -2.24. The van der Waals surface area contributed by atoms with Gasteiger partial charge in [-0.05, 0) is 26.0 Å². The summed E-state index contributed by atoms with van der Waals surface area (Å²) in [4.78, 5) is 3.54. The highest BCUT2D eigenvalue weighted by Crippen LogP contribution is 2.18. The number of halogens is 1. The molecule has 3 N–H and O–H groups in total. The molecule has 0 bridgehead atoms. The van der Waals surface area contributed by atoms with Crippen molar-refractivity contribution in [1.82, 2.24) is 9.29 Å². The van der Waals surface area contributed by atoms with Crippen LogP contribution in [0, 0.1) is 11.2 Å². The van der Waals surface area contributed by atoms with Crippen molar-refractivity contribution in [2.24, 2.45) is 5.73 Å². The van der Waals surface area contributed by atoms with Crippen LogP contribution < -0.4 is 5.73 Å². The van der Waals surface area contributed by atoms with Gasteiger partial charge in [-0.15, -0.1) is 0 Å². The van der Waals surface area contributed by atoms with E-state index in [0.29, 0.717) is 0 Å². The van der Waals surface area contributed by atoms with E-state index in [1.165, 1.54) is 12.3 Å². The first kappa shape index (κ1) is 14.5. The van der Waals surface area contributed by atoms with Gasteiger partial charge < -0.3 is 5.73 Å². The fraction of sp³-hybridized carbons (Fsp3) is 0.400. The van der Waals surface area contributed by atoms with Crippen molar-refractivity contribution >= 4 is 15.9 Å². The topological polar surface area (TPSA) is 100 Å². The molecule has 0 aliphatic heterocycles. The van der Waals surface area contributed by atoms with Crippen LogP contribution in [0.2, 0.25) is 0 Å². The van der Waals surface area contributed by atoms with Crippen molar-refractivity contribution in [3.63, 3.8) is 0 Å². The Bertz CT molecular complexity index is 545. The van der Waals surface area contributed by atoms with Gasteiger partial charge in [-0.2, -0.15) is 4.31 Å². The van der Waals surface area contributed by atoms with E-state index in [1.807, 2.05) is 0 Å². The van der Waals surface area contributed by atoms with E-state index >= 15 is 0 Å². The molecule has 0 atom stereocenters. The predicted octanol–water partition coefficient (Wildman–Crippen LogP) is 0.556. The molecule has 0 saturated heterocycles. The molecule has 0 saturated carbocycles. The molecule has 1 aromatic rings. The first-order valence-electron chi connectivity index (χ1n) is 5.22. The molecule has 8 heteroatoms. The number of nitrogens with two attached hydrogens (primary N) is 1. The standard InChI is InChI=1S/C10H15FN4O2S/c1-7(2)15(6-9(12)13)18(16,17)10-8(11)4-3-5-14-10/h3-5,7H,6H2,1-2H3,(H3,12,13). The van der Waals surface area contributed by atoms with Crippen molar-refractivity contribution in [3.05, 3.63) is 24.1 Å². The number of aromatic nitrogens is 1. The third-order valence-electron chi connectivity index (χ3n) is 2.18. The lowest BCUT2D eigenvalue weighted by molar-refractivity contribution is 0.383. The van der Waals surface area contributed by atoms with Crippen LogP contribution in [0.4, 0.5) is 4.39 Å². The molecule has 1 rings (SSSR count). The summed E-state index contributed by atoms with van der Waals surface area (Å²) in [5, 5.41) is 6.52. The number of hydrogen-bond donors (Lipinski definition) is 2. The third-order valence-corrected chi connectivity index (χ3v) is 4.14. The van der Waals surface area contributed by atoms with Crippen LogP contribution in [-0.2, 0) is 10.0 Å². The number of nitrogens with one attached hydrogen (secondary N) is 1. The highest BCUT2D eigenvalue weighted by molar-refractivity contribution is 7.89. The zero-order valence-electron chi connectivity index (χ0n) is 10.1. The number of amidine groups is 1. The number of pyridine rings is 1. The van der Waals surface area contributed by atoms with Gasteiger partial charge in [-0.1, -0.05) is 0 Å². The van der Waals surface area contributed by atoms with Gasteiger partial charge in [0.25, 0.3) is 10.0 Å². The fourth-order valence-electron chi connectivity index (χ4n) is 1.39. The SMILES string of the molecule is CC(C)N(CC(=N)N)S(=O)(=O)c1ncccc1F. The van der Waals surface area contributed by atoms with Gasteiger partial charge in [0, 0.05) is 12.2 Å². The summed E-state index contributed by atoms with van der Waals surface area (Å²) in [7, 11) is -4.10. The van der Waals surface area contributed by atoms with Crippen molar-refractivity contribution in [2.45, 2.75) is 24.9 Å². The molecular formula is C10H15FN4O2S. The lowest BCUT2D eigenvalue weighted by Crippen LogP contribution is -2.43. The summed E-state index contributed by atoms with van der Waals surface area (Å²) >= 11 is 0. The predicted molar refractivity (Wildman–Crippen MR) is 65.1 cm³/mol. The van der Waals surface area contributed by atoms with Crippen LogP contribution in [-0.4, -0.2) is 36.1 Å². The Morgan fingerprint density at radius 2 is 2.22 bits per heavy atom. The minimum absolute atomic E-state index is 0.296. The molecule has 0 spiro atoms. The van der Waals surface area contributed by atoms with E-state index in [-0.39, 0.29) is 12.4 Å². The monoisotopic (exact) mass is 274 g/mol. The Labute approximate surface area is 105 Å². The van der Waals surface area contributed by atoms with Gasteiger partial charge in [0.1, 0.15) is 5.84 Å².